The minimum atomic E-state index is -0.364. The average molecular weight is 268 g/mol. The molecule has 0 amide bonds. The molecular formula is C15H22F2N2. The van der Waals surface area contributed by atoms with E-state index in [-0.39, 0.29) is 11.6 Å². The van der Waals surface area contributed by atoms with Gasteiger partial charge in [0.15, 0.2) is 0 Å². The van der Waals surface area contributed by atoms with Gasteiger partial charge >= 0.3 is 0 Å². The maximum atomic E-state index is 13.6. The van der Waals surface area contributed by atoms with E-state index < -0.39 is 0 Å². The number of nitrogens with zero attached hydrogens (tertiary/aromatic N) is 1. The van der Waals surface area contributed by atoms with Crippen LogP contribution in [-0.2, 0) is 6.54 Å². The standard InChI is InChI=1S/C15H22F2N2/c1-2-6-18-9-12-5-7-19(10-12)11-13-8-14(16)3-4-15(13)17/h3-4,8,12,18H,2,5-7,9-11H2,1H3. The first kappa shape index (κ1) is 14.4. The number of benzene rings is 1. The molecule has 1 saturated heterocycles. The molecule has 1 heterocycles. The molecule has 0 aromatic heterocycles. The van der Waals surface area contributed by atoms with Gasteiger partial charge in [0.05, 0.1) is 0 Å². The fourth-order valence-corrected chi connectivity index (χ4v) is 2.61. The summed E-state index contributed by atoms with van der Waals surface area (Å²) in [6.07, 6.45) is 2.28. The number of rotatable bonds is 6. The largest absolute Gasteiger partial charge is 0.316 e. The topological polar surface area (TPSA) is 15.3 Å². The van der Waals surface area contributed by atoms with Gasteiger partial charge in [-0.1, -0.05) is 6.92 Å². The second-order valence-corrected chi connectivity index (χ2v) is 5.33. The van der Waals surface area contributed by atoms with Crippen LogP contribution in [0.3, 0.4) is 0 Å². The fourth-order valence-electron chi connectivity index (χ4n) is 2.61. The Hall–Kier alpha value is -1.00. The highest BCUT2D eigenvalue weighted by molar-refractivity contribution is 5.18. The van der Waals surface area contributed by atoms with Crippen molar-refractivity contribution >= 4 is 0 Å². The summed E-state index contributed by atoms with van der Waals surface area (Å²) in [7, 11) is 0. The van der Waals surface area contributed by atoms with Crippen molar-refractivity contribution in [3.8, 4) is 0 Å². The van der Waals surface area contributed by atoms with Crippen LogP contribution in [0, 0.1) is 17.6 Å². The van der Waals surface area contributed by atoms with E-state index >= 15 is 0 Å². The highest BCUT2D eigenvalue weighted by Crippen LogP contribution is 2.20. The Kier molecular flexibility index (Phi) is 5.28. The molecule has 0 bridgehead atoms. The van der Waals surface area contributed by atoms with Crippen molar-refractivity contribution in [3.63, 3.8) is 0 Å². The molecule has 2 rings (SSSR count). The summed E-state index contributed by atoms with van der Waals surface area (Å²) < 4.78 is 26.7. The molecular weight excluding hydrogens is 246 g/mol. The lowest BCUT2D eigenvalue weighted by atomic mass is 10.1. The summed E-state index contributed by atoms with van der Waals surface area (Å²) in [5.41, 5.74) is 0.460. The van der Waals surface area contributed by atoms with E-state index in [1.54, 1.807) is 0 Å². The minimum Gasteiger partial charge on any atom is -0.316 e. The molecule has 106 valence electrons. The van der Waals surface area contributed by atoms with Gasteiger partial charge in [-0.2, -0.15) is 0 Å². The molecule has 0 radical (unpaired) electrons. The van der Waals surface area contributed by atoms with Gasteiger partial charge in [0.2, 0.25) is 0 Å². The lowest BCUT2D eigenvalue weighted by Gasteiger charge is -2.17. The highest BCUT2D eigenvalue weighted by Gasteiger charge is 2.22. The Morgan fingerprint density at radius 3 is 3.00 bits per heavy atom. The number of nitrogens with one attached hydrogen (secondary N) is 1. The maximum absolute atomic E-state index is 13.6. The molecule has 0 spiro atoms. The van der Waals surface area contributed by atoms with Gasteiger partial charge < -0.3 is 5.32 Å². The molecule has 1 aliphatic rings. The van der Waals surface area contributed by atoms with Crippen molar-refractivity contribution in [1.82, 2.24) is 10.2 Å². The average Bonchev–Trinajstić information content (AvgIpc) is 2.82. The van der Waals surface area contributed by atoms with Gasteiger partial charge in [-0.3, -0.25) is 4.90 Å². The van der Waals surface area contributed by atoms with Crippen LogP contribution in [0.2, 0.25) is 0 Å². The predicted octanol–water partition coefficient (Wildman–Crippen LogP) is 2.79. The Bertz CT molecular complexity index is 409. The molecule has 1 aromatic rings. The van der Waals surface area contributed by atoms with Gasteiger partial charge in [0.25, 0.3) is 0 Å². The maximum Gasteiger partial charge on any atom is 0.127 e. The molecule has 0 saturated carbocycles. The van der Waals surface area contributed by atoms with E-state index in [0.717, 1.165) is 39.0 Å². The smallest absolute Gasteiger partial charge is 0.127 e. The first-order chi connectivity index (χ1) is 9.19. The van der Waals surface area contributed by atoms with Crippen molar-refractivity contribution in [2.24, 2.45) is 5.92 Å². The van der Waals surface area contributed by atoms with Crippen LogP contribution in [0.5, 0.6) is 0 Å². The van der Waals surface area contributed by atoms with Gasteiger partial charge in [0, 0.05) is 18.7 Å². The van der Waals surface area contributed by atoms with Crippen molar-refractivity contribution in [2.75, 3.05) is 26.2 Å². The molecule has 1 aromatic carbocycles. The summed E-state index contributed by atoms with van der Waals surface area (Å²) in [5.74, 6) is -0.0473. The minimum absolute atomic E-state index is 0.311. The van der Waals surface area contributed by atoms with Crippen molar-refractivity contribution in [3.05, 3.63) is 35.4 Å². The molecule has 19 heavy (non-hydrogen) atoms. The summed E-state index contributed by atoms with van der Waals surface area (Å²) in [4.78, 5) is 2.20. The van der Waals surface area contributed by atoms with E-state index in [9.17, 15) is 8.78 Å². The van der Waals surface area contributed by atoms with Gasteiger partial charge in [-0.25, -0.2) is 8.78 Å². The number of halogens is 2. The van der Waals surface area contributed by atoms with Gasteiger partial charge in [-0.15, -0.1) is 0 Å². The molecule has 1 fully saturated rings. The molecule has 1 atom stereocenters. The van der Waals surface area contributed by atoms with Crippen LogP contribution >= 0.6 is 0 Å². The normalized spacial score (nSPS) is 20.1. The van der Waals surface area contributed by atoms with E-state index in [2.05, 4.69) is 17.1 Å². The van der Waals surface area contributed by atoms with Crippen molar-refractivity contribution in [1.29, 1.82) is 0 Å². The third kappa shape index (κ3) is 4.25. The molecule has 2 nitrogen and oxygen atoms in total. The molecule has 1 aliphatic heterocycles. The molecule has 1 unspecified atom stereocenters. The monoisotopic (exact) mass is 268 g/mol. The lowest BCUT2D eigenvalue weighted by Crippen LogP contribution is -2.27. The van der Waals surface area contributed by atoms with Crippen LogP contribution < -0.4 is 5.32 Å². The zero-order valence-corrected chi connectivity index (χ0v) is 11.5. The Morgan fingerprint density at radius 2 is 2.21 bits per heavy atom. The third-order valence-electron chi connectivity index (χ3n) is 3.63. The lowest BCUT2D eigenvalue weighted by molar-refractivity contribution is 0.308. The summed E-state index contributed by atoms with van der Waals surface area (Å²) >= 11 is 0. The number of hydrogen-bond acceptors (Lipinski definition) is 2. The van der Waals surface area contributed by atoms with E-state index in [1.807, 2.05) is 0 Å². The summed E-state index contributed by atoms with van der Waals surface area (Å²) in [5, 5.41) is 3.42. The SMILES string of the molecule is CCCNCC1CCN(Cc2cc(F)ccc2F)C1. The molecule has 1 N–H and O–H groups in total. The third-order valence-corrected chi connectivity index (χ3v) is 3.63. The second kappa shape index (κ2) is 6.96. The Morgan fingerprint density at radius 1 is 1.37 bits per heavy atom. The molecule has 0 aliphatic carbocycles. The number of hydrogen-bond donors (Lipinski definition) is 1. The zero-order valence-electron chi connectivity index (χ0n) is 11.5. The Labute approximate surface area is 113 Å². The fraction of sp³-hybridized carbons (Fsp3) is 0.600. The van der Waals surface area contributed by atoms with Gasteiger partial charge in [-0.05, 0) is 56.6 Å². The summed E-state index contributed by atoms with van der Waals surface area (Å²) in [6, 6.07) is 3.68. The van der Waals surface area contributed by atoms with Crippen LogP contribution in [0.1, 0.15) is 25.3 Å². The van der Waals surface area contributed by atoms with E-state index in [4.69, 9.17) is 0 Å². The quantitative estimate of drug-likeness (QED) is 0.798. The number of likely N-dealkylation sites (tertiary alicyclic amines) is 1. The van der Waals surface area contributed by atoms with Crippen molar-refractivity contribution < 1.29 is 8.78 Å². The summed E-state index contributed by atoms with van der Waals surface area (Å²) in [6.45, 7) is 6.67. The second-order valence-electron chi connectivity index (χ2n) is 5.33. The van der Waals surface area contributed by atoms with E-state index in [1.165, 1.54) is 18.2 Å². The zero-order chi connectivity index (χ0) is 13.7. The van der Waals surface area contributed by atoms with Crippen molar-refractivity contribution in [2.45, 2.75) is 26.3 Å². The van der Waals surface area contributed by atoms with Crippen LogP contribution in [0.25, 0.3) is 0 Å². The predicted molar refractivity (Wildman–Crippen MR) is 72.9 cm³/mol. The Balaban J connectivity index is 1.83. The van der Waals surface area contributed by atoms with Gasteiger partial charge in [0.1, 0.15) is 11.6 Å². The first-order valence-corrected chi connectivity index (χ1v) is 7.06. The van der Waals surface area contributed by atoms with Crippen LogP contribution in [0.15, 0.2) is 18.2 Å². The van der Waals surface area contributed by atoms with Crippen LogP contribution in [0.4, 0.5) is 8.78 Å². The molecule has 4 heteroatoms. The highest BCUT2D eigenvalue weighted by atomic mass is 19.1. The van der Waals surface area contributed by atoms with E-state index in [0.29, 0.717) is 18.0 Å². The van der Waals surface area contributed by atoms with Crippen LogP contribution in [-0.4, -0.2) is 31.1 Å². The first-order valence-electron chi connectivity index (χ1n) is 7.06.